The van der Waals surface area contributed by atoms with E-state index in [0.717, 1.165) is 0 Å². The lowest BCUT2D eigenvalue weighted by atomic mass is 10.3. The standard InChI is InChI=1S/C15H21F3N4O4S/c1-10(2)22(3)27(25,26)12-6-4-11(5-7-12)21-14(24)19-8-13(23)20-9-15(16,17)18/h4-7,10H,8-9H2,1-3H3,(H,20,23)(H2,19,21,24). The molecule has 0 saturated heterocycles. The number of hydrogen-bond donors (Lipinski definition) is 3. The number of rotatable bonds is 7. The zero-order valence-corrected chi connectivity index (χ0v) is 15.7. The van der Waals surface area contributed by atoms with Crippen LogP contribution in [-0.2, 0) is 14.8 Å². The van der Waals surface area contributed by atoms with E-state index in [0.29, 0.717) is 0 Å². The van der Waals surface area contributed by atoms with Crippen LogP contribution in [0.5, 0.6) is 0 Å². The van der Waals surface area contributed by atoms with Crippen LogP contribution in [-0.4, -0.2) is 57.0 Å². The van der Waals surface area contributed by atoms with E-state index in [-0.39, 0.29) is 16.6 Å². The van der Waals surface area contributed by atoms with Crippen LogP contribution >= 0.6 is 0 Å². The summed E-state index contributed by atoms with van der Waals surface area (Å²) in [5.41, 5.74) is 0.245. The van der Waals surface area contributed by atoms with E-state index in [2.05, 4.69) is 10.6 Å². The Bertz CT molecular complexity index is 764. The van der Waals surface area contributed by atoms with Crippen molar-refractivity contribution in [3.05, 3.63) is 24.3 Å². The minimum absolute atomic E-state index is 0.0381. The Labute approximate surface area is 155 Å². The largest absolute Gasteiger partial charge is 0.405 e. The third-order valence-electron chi connectivity index (χ3n) is 3.41. The lowest BCUT2D eigenvalue weighted by molar-refractivity contribution is -0.137. The number of alkyl halides is 3. The van der Waals surface area contributed by atoms with Crippen LogP contribution in [0.3, 0.4) is 0 Å². The zero-order valence-electron chi connectivity index (χ0n) is 14.9. The molecule has 3 amide bonds. The summed E-state index contributed by atoms with van der Waals surface area (Å²) < 4.78 is 61.7. The van der Waals surface area contributed by atoms with Crippen LogP contribution in [0.4, 0.5) is 23.7 Å². The summed E-state index contributed by atoms with van der Waals surface area (Å²) in [6, 6.07) is 4.25. The van der Waals surface area contributed by atoms with Gasteiger partial charge < -0.3 is 16.0 Å². The lowest BCUT2D eigenvalue weighted by Crippen LogP contribution is -2.42. The van der Waals surface area contributed by atoms with Crippen LogP contribution in [0.15, 0.2) is 29.2 Å². The molecule has 152 valence electrons. The maximum absolute atomic E-state index is 12.3. The fraction of sp³-hybridized carbons (Fsp3) is 0.467. The van der Waals surface area contributed by atoms with Crippen LogP contribution < -0.4 is 16.0 Å². The normalized spacial score (nSPS) is 12.1. The summed E-state index contributed by atoms with van der Waals surface area (Å²) in [4.78, 5) is 22.9. The van der Waals surface area contributed by atoms with E-state index in [1.165, 1.54) is 35.6 Å². The molecular weight excluding hydrogens is 389 g/mol. The number of amides is 3. The predicted molar refractivity (Wildman–Crippen MR) is 92.6 cm³/mol. The highest BCUT2D eigenvalue weighted by molar-refractivity contribution is 7.89. The second-order valence-corrected chi connectivity index (χ2v) is 7.84. The second kappa shape index (κ2) is 9.04. The maximum Gasteiger partial charge on any atom is 0.405 e. The third kappa shape index (κ3) is 7.43. The Balaban J connectivity index is 2.58. The van der Waals surface area contributed by atoms with Gasteiger partial charge in [-0.1, -0.05) is 0 Å². The van der Waals surface area contributed by atoms with Gasteiger partial charge >= 0.3 is 12.2 Å². The minimum Gasteiger partial charge on any atom is -0.345 e. The topological polar surface area (TPSA) is 108 Å². The number of anilines is 1. The molecule has 0 spiro atoms. The molecule has 0 heterocycles. The first-order valence-corrected chi connectivity index (χ1v) is 9.23. The van der Waals surface area contributed by atoms with E-state index in [1.54, 1.807) is 19.2 Å². The second-order valence-electron chi connectivity index (χ2n) is 5.84. The SMILES string of the molecule is CC(C)N(C)S(=O)(=O)c1ccc(NC(=O)NCC(=O)NCC(F)(F)F)cc1. The van der Waals surface area contributed by atoms with E-state index in [1.807, 2.05) is 0 Å². The quantitative estimate of drug-likeness (QED) is 0.633. The number of sulfonamides is 1. The number of halogens is 3. The molecule has 27 heavy (non-hydrogen) atoms. The molecule has 0 aliphatic carbocycles. The van der Waals surface area contributed by atoms with Gasteiger partial charge in [0.05, 0.1) is 11.4 Å². The average Bonchev–Trinajstić information content (AvgIpc) is 2.57. The van der Waals surface area contributed by atoms with Crippen LogP contribution in [0.2, 0.25) is 0 Å². The third-order valence-corrected chi connectivity index (χ3v) is 5.46. The molecular formula is C15H21F3N4O4S. The Kier molecular flexibility index (Phi) is 7.60. The van der Waals surface area contributed by atoms with Crippen molar-refractivity contribution >= 4 is 27.6 Å². The van der Waals surface area contributed by atoms with Gasteiger partial charge in [0.2, 0.25) is 15.9 Å². The van der Waals surface area contributed by atoms with Crippen molar-refractivity contribution in [3.8, 4) is 0 Å². The number of carbonyl (C=O) groups is 2. The zero-order chi connectivity index (χ0) is 20.8. The molecule has 3 N–H and O–H groups in total. The molecule has 0 aliphatic rings. The molecule has 0 aliphatic heterocycles. The monoisotopic (exact) mass is 410 g/mol. The molecule has 0 unspecified atom stereocenters. The predicted octanol–water partition coefficient (Wildman–Crippen LogP) is 1.52. The van der Waals surface area contributed by atoms with Gasteiger partial charge in [-0.05, 0) is 38.1 Å². The van der Waals surface area contributed by atoms with Crippen molar-refractivity contribution in [1.82, 2.24) is 14.9 Å². The molecule has 8 nitrogen and oxygen atoms in total. The van der Waals surface area contributed by atoms with Crippen molar-refractivity contribution in [3.63, 3.8) is 0 Å². The number of nitrogens with one attached hydrogen (secondary N) is 3. The van der Waals surface area contributed by atoms with E-state index in [4.69, 9.17) is 0 Å². The average molecular weight is 410 g/mol. The molecule has 0 bridgehead atoms. The number of benzene rings is 1. The highest BCUT2D eigenvalue weighted by Gasteiger charge is 2.27. The van der Waals surface area contributed by atoms with Gasteiger partial charge in [0.1, 0.15) is 6.54 Å². The number of hydrogen-bond acceptors (Lipinski definition) is 4. The highest BCUT2D eigenvalue weighted by atomic mass is 32.2. The van der Waals surface area contributed by atoms with Gasteiger partial charge in [-0.2, -0.15) is 17.5 Å². The smallest absolute Gasteiger partial charge is 0.345 e. The Morgan fingerprint density at radius 1 is 1.11 bits per heavy atom. The van der Waals surface area contributed by atoms with Gasteiger partial charge in [0.15, 0.2) is 0 Å². The summed E-state index contributed by atoms with van der Waals surface area (Å²) in [7, 11) is -2.22. The molecule has 1 rings (SSSR count). The molecule has 0 aromatic heterocycles. The van der Waals surface area contributed by atoms with Crippen LogP contribution in [0, 0.1) is 0 Å². The first-order valence-electron chi connectivity index (χ1n) is 7.79. The summed E-state index contributed by atoms with van der Waals surface area (Å²) in [5.74, 6) is -0.999. The van der Waals surface area contributed by atoms with Gasteiger partial charge in [0.25, 0.3) is 0 Å². The van der Waals surface area contributed by atoms with Gasteiger partial charge in [0, 0.05) is 18.8 Å². The summed E-state index contributed by atoms with van der Waals surface area (Å²) in [6.45, 7) is 1.31. The Hall–Kier alpha value is -2.34. The molecule has 0 saturated carbocycles. The van der Waals surface area contributed by atoms with Crippen LogP contribution in [0.25, 0.3) is 0 Å². The molecule has 12 heteroatoms. The van der Waals surface area contributed by atoms with Crippen molar-refractivity contribution < 1.29 is 31.2 Å². The molecule has 1 aromatic carbocycles. The lowest BCUT2D eigenvalue weighted by Gasteiger charge is -2.21. The number of nitrogens with zero attached hydrogens (tertiary/aromatic N) is 1. The van der Waals surface area contributed by atoms with E-state index >= 15 is 0 Å². The summed E-state index contributed by atoms with van der Waals surface area (Å²) in [5, 5.41) is 6.04. The first-order chi connectivity index (χ1) is 12.3. The molecule has 0 atom stereocenters. The Morgan fingerprint density at radius 3 is 2.15 bits per heavy atom. The molecule has 0 radical (unpaired) electrons. The van der Waals surface area contributed by atoms with Gasteiger partial charge in [-0.3, -0.25) is 4.79 Å². The molecule has 1 aromatic rings. The Morgan fingerprint density at radius 2 is 1.67 bits per heavy atom. The van der Waals surface area contributed by atoms with Crippen molar-refractivity contribution in [1.29, 1.82) is 0 Å². The number of urea groups is 1. The first kappa shape index (κ1) is 22.7. The van der Waals surface area contributed by atoms with E-state index in [9.17, 15) is 31.2 Å². The summed E-state index contributed by atoms with van der Waals surface area (Å²) >= 11 is 0. The summed E-state index contributed by atoms with van der Waals surface area (Å²) in [6.07, 6.45) is -4.54. The van der Waals surface area contributed by atoms with Gasteiger partial charge in [-0.25, -0.2) is 13.2 Å². The van der Waals surface area contributed by atoms with E-state index < -0.39 is 41.2 Å². The highest BCUT2D eigenvalue weighted by Crippen LogP contribution is 2.19. The number of carbonyl (C=O) groups excluding carboxylic acids is 2. The minimum atomic E-state index is -4.54. The van der Waals surface area contributed by atoms with Crippen molar-refractivity contribution in [2.45, 2.75) is 31.0 Å². The fourth-order valence-corrected chi connectivity index (χ4v) is 3.12. The fourth-order valence-electron chi connectivity index (χ4n) is 1.75. The molecule has 0 fully saturated rings. The van der Waals surface area contributed by atoms with Crippen LogP contribution in [0.1, 0.15) is 13.8 Å². The van der Waals surface area contributed by atoms with Gasteiger partial charge in [-0.15, -0.1) is 0 Å². The van der Waals surface area contributed by atoms with Crippen molar-refractivity contribution in [2.24, 2.45) is 0 Å². The maximum atomic E-state index is 12.3. The van der Waals surface area contributed by atoms with Crippen molar-refractivity contribution in [2.75, 3.05) is 25.5 Å².